The predicted octanol–water partition coefficient (Wildman–Crippen LogP) is 4.10. The third kappa shape index (κ3) is 4.31. The van der Waals surface area contributed by atoms with Gasteiger partial charge in [-0.2, -0.15) is 0 Å². The zero-order valence-electron chi connectivity index (χ0n) is 17.2. The fourth-order valence-electron chi connectivity index (χ4n) is 5.75. The molecule has 0 saturated heterocycles. The molecule has 0 aromatic heterocycles. The molecule has 146 valence electrons. The summed E-state index contributed by atoms with van der Waals surface area (Å²) in [4.78, 5) is 2.00. The lowest BCUT2D eigenvalue weighted by atomic mass is 9.53. The van der Waals surface area contributed by atoms with Gasteiger partial charge in [-0.1, -0.05) is 26.0 Å². The molecule has 6 atom stereocenters. The molecule has 2 N–H and O–H groups in total. The van der Waals surface area contributed by atoms with E-state index in [0.717, 1.165) is 25.2 Å². The van der Waals surface area contributed by atoms with Crippen LogP contribution in [-0.4, -0.2) is 49.0 Å². The highest BCUT2D eigenvalue weighted by molar-refractivity contribution is 5.19. The van der Waals surface area contributed by atoms with Gasteiger partial charge in [0.05, 0.1) is 6.10 Å². The molecule has 25 heavy (non-hydrogen) atoms. The third-order valence-electron chi connectivity index (χ3n) is 7.74. The Hall–Kier alpha value is -0.380. The van der Waals surface area contributed by atoms with Gasteiger partial charge in [0.25, 0.3) is 0 Å². The van der Waals surface area contributed by atoms with Crippen LogP contribution in [0, 0.1) is 28.6 Å². The van der Waals surface area contributed by atoms with Crippen LogP contribution in [0.15, 0.2) is 12.2 Å². The summed E-state index contributed by atoms with van der Waals surface area (Å²) < 4.78 is 0. The molecule has 3 nitrogen and oxygen atoms in total. The van der Waals surface area contributed by atoms with E-state index >= 15 is 0 Å². The van der Waals surface area contributed by atoms with Crippen LogP contribution in [0.5, 0.6) is 0 Å². The summed E-state index contributed by atoms with van der Waals surface area (Å²) >= 11 is 0. The van der Waals surface area contributed by atoms with Gasteiger partial charge in [0.2, 0.25) is 0 Å². The second-order valence-corrected chi connectivity index (χ2v) is 9.88. The lowest BCUT2D eigenvalue weighted by Crippen LogP contribution is -2.46. The molecule has 0 aromatic rings. The first kappa shape index (κ1) is 20.9. The van der Waals surface area contributed by atoms with E-state index in [0.29, 0.717) is 11.3 Å². The number of aliphatic hydroxyl groups excluding tert-OH is 2. The lowest BCUT2D eigenvalue weighted by Gasteiger charge is -2.52. The van der Waals surface area contributed by atoms with E-state index in [-0.39, 0.29) is 24.0 Å². The van der Waals surface area contributed by atoms with Gasteiger partial charge in [-0.15, -0.1) is 0 Å². The van der Waals surface area contributed by atoms with Gasteiger partial charge in [-0.25, -0.2) is 0 Å². The normalized spacial score (nSPS) is 44.2. The summed E-state index contributed by atoms with van der Waals surface area (Å²) in [5.74, 6) is 1.79. The Kier molecular flexibility index (Phi) is 6.78. The van der Waals surface area contributed by atoms with E-state index in [9.17, 15) is 10.2 Å². The maximum absolute atomic E-state index is 9.94. The fourth-order valence-corrected chi connectivity index (χ4v) is 5.75. The van der Waals surface area contributed by atoms with Crippen LogP contribution >= 0.6 is 0 Å². The van der Waals surface area contributed by atoms with Crippen molar-refractivity contribution in [3.8, 4) is 0 Å². The molecule has 3 fully saturated rings. The maximum atomic E-state index is 9.94. The molecule has 6 unspecified atom stereocenters. The van der Waals surface area contributed by atoms with Crippen molar-refractivity contribution in [1.82, 2.24) is 4.90 Å². The largest absolute Gasteiger partial charge is 0.396 e. The Morgan fingerprint density at radius 2 is 1.68 bits per heavy atom. The monoisotopic (exact) mass is 351 g/mol. The zero-order valence-corrected chi connectivity index (χ0v) is 17.2. The molecular formula is C22H41NO2. The summed E-state index contributed by atoms with van der Waals surface area (Å²) in [5.41, 5.74) is 2.09. The molecule has 0 amide bonds. The second-order valence-electron chi connectivity index (χ2n) is 9.88. The Bertz CT molecular complexity index is 460. The third-order valence-corrected chi connectivity index (χ3v) is 7.74. The van der Waals surface area contributed by atoms with Gasteiger partial charge in [0.1, 0.15) is 0 Å². The highest BCUT2D eigenvalue weighted by Crippen LogP contribution is 2.61. The number of rotatable bonds is 2. The van der Waals surface area contributed by atoms with Crippen LogP contribution in [0.1, 0.15) is 65.2 Å². The minimum absolute atomic E-state index is 0.199. The first-order valence-electron chi connectivity index (χ1n) is 10.2. The van der Waals surface area contributed by atoms with Crippen molar-refractivity contribution in [1.29, 1.82) is 0 Å². The average Bonchev–Trinajstić information content (AvgIpc) is 2.84. The van der Waals surface area contributed by atoms with Gasteiger partial charge in [0.15, 0.2) is 0 Å². The van der Waals surface area contributed by atoms with Gasteiger partial charge >= 0.3 is 0 Å². The molecular weight excluding hydrogens is 310 g/mol. The molecule has 0 radical (unpaired) electrons. The number of nitrogens with zero attached hydrogens (tertiary/aromatic N) is 1. The van der Waals surface area contributed by atoms with Crippen LogP contribution in [0.3, 0.4) is 0 Å². The van der Waals surface area contributed by atoms with Crippen molar-refractivity contribution in [2.45, 2.75) is 71.3 Å². The minimum Gasteiger partial charge on any atom is -0.396 e. The number of aliphatic hydroxyl groups is 2. The first-order chi connectivity index (χ1) is 11.6. The second kappa shape index (κ2) is 8.10. The summed E-state index contributed by atoms with van der Waals surface area (Å²) in [6.45, 7) is 9.38. The van der Waals surface area contributed by atoms with E-state index < -0.39 is 0 Å². The molecule has 0 aromatic carbocycles. The molecule has 3 saturated carbocycles. The Balaban J connectivity index is 0.000000511. The average molecular weight is 352 g/mol. The van der Waals surface area contributed by atoms with Crippen LogP contribution in [-0.2, 0) is 0 Å². The van der Waals surface area contributed by atoms with Crippen molar-refractivity contribution in [3.05, 3.63) is 12.2 Å². The van der Waals surface area contributed by atoms with E-state index in [1.807, 2.05) is 26.0 Å². The van der Waals surface area contributed by atoms with Gasteiger partial charge in [-0.05, 0) is 101 Å². The first-order valence-corrected chi connectivity index (χ1v) is 10.2. The summed E-state index contributed by atoms with van der Waals surface area (Å²) in [7, 11) is 6.00. The number of allylic oxidation sites excluding steroid dienone is 1. The Morgan fingerprint density at radius 3 is 2.28 bits per heavy atom. The molecule has 0 spiro atoms. The van der Waals surface area contributed by atoms with Crippen molar-refractivity contribution in [3.63, 3.8) is 0 Å². The molecule has 3 aliphatic carbocycles. The van der Waals surface area contributed by atoms with E-state index in [1.54, 1.807) is 0 Å². The predicted molar refractivity (Wildman–Crippen MR) is 105 cm³/mol. The van der Waals surface area contributed by atoms with E-state index in [4.69, 9.17) is 0 Å². The highest BCUT2D eigenvalue weighted by Gasteiger charge is 2.51. The Morgan fingerprint density at radius 1 is 1.04 bits per heavy atom. The van der Waals surface area contributed by atoms with E-state index in [2.05, 4.69) is 20.4 Å². The molecule has 3 aliphatic rings. The number of hydrogen-bond donors (Lipinski definition) is 2. The van der Waals surface area contributed by atoms with E-state index in [1.165, 1.54) is 37.7 Å². The lowest BCUT2D eigenvalue weighted by molar-refractivity contribution is -0.0661. The highest BCUT2D eigenvalue weighted by atomic mass is 16.3. The van der Waals surface area contributed by atoms with Crippen LogP contribution in [0.25, 0.3) is 0 Å². The van der Waals surface area contributed by atoms with Crippen molar-refractivity contribution >= 4 is 0 Å². The maximum Gasteiger partial charge on any atom is 0.0544 e. The van der Waals surface area contributed by atoms with Crippen molar-refractivity contribution in [2.75, 3.05) is 27.7 Å². The summed E-state index contributed by atoms with van der Waals surface area (Å²) in [6, 6.07) is 0. The fraction of sp³-hybridized carbons (Fsp3) is 0.909. The van der Waals surface area contributed by atoms with Crippen LogP contribution in [0.4, 0.5) is 0 Å². The van der Waals surface area contributed by atoms with Gasteiger partial charge in [-0.3, -0.25) is 0 Å². The zero-order chi connectivity index (χ0) is 18.8. The standard InChI is InChI=1S/C19H32O2.C3H9N/c1-13-4-5-14-10-15(6-8-18(13,14)2)19(3)9-7-17(21)11-16(19)12-20;1-4(2)3/h14-17,20-21H,1,4-12H2,2-3H3;1-3H3. The van der Waals surface area contributed by atoms with Gasteiger partial charge < -0.3 is 15.1 Å². The SMILES string of the molecule is C=C1CCC2CC(C3(C)CCC(O)CC3CO)CCC12C.CN(C)C. The quantitative estimate of drug-likeness (QED) is 0.736. The Labute approximate surface area is 155 Å². The van der Waals surface area contributed by atoms with Gasteiger partial charge in [0, 0.05) is 6.61 Å². The number of fused-ring (bicyclic) bond motifs is 1. The smallest absolute Gasteiger partial charge is 0.0544 e. The number of hydrogen-bond acceptors (Lipinski definition) is 3. The molecule has 3 heteroatoms. The summed E-state index contributed by atoms with van der Waals surface area (Å²) in [5, 5.41) is 19.8. The van der Waals surface area contributed by atoms with Crippen LogP contribution < -0.4 is 0 Å². The molecule has 0 bridgehead atoms. The molecule has 0 heterocycles. The van der Waals surface area contributed by atoms with Crippen LogP contribution in [0.2, 0.25) is 0 Å². The van der Waals surface area contributed by atoms with Crippen molar-refractivity contribution < 1.29 is 10.2 Å². The van der Waals surface area contributed by atoms with Crippen molar-refractivity contribution in [2.24, 2.45) is 28.6 Å². The molecule has 0 aliphatic heterocycles. The minimum atomic E-state index is -0.199. The molecule has 3 rings (SSSR count). The summed E-state index contributed by atoms with van der Waals surface area (Å²) in [6.07, 6.45) is 8.96. The topological polar surface area (TPSA) is 43.7 Å².